The zero-order valence-corrected chi connectivity index (χ0v) is 21.2. The van der Waals surface area contributed by atoms with Gasteiger partial charge in [0.15, 0.2) is 11.9 Å². The number of hydrogen-bond acceptors (Lipinski definition) is 8. The molecule has 2 saturated heterocycles. The van der Waals surface area contributed by atoms with Crippen LogP contribution < -0.4 is 10.1 Å². The van der Waals surface area contributed by atoms with Crippen LogP contribution in [0.15, 0.2) is 54.0 Å². The average Bonchev–Trinajstić information content (AvgIpc) is 3.26. The number of allylic oxidation sites excluding steroid dienone is 1. The standard InChI is InChI=1S/C27H28N6O5/c1-3-32-10-7-19(26(32)36)17-11-20(25(35)31-23-15-28-16(2)13-30-23)24(34)22(12-17)38-18-5-6-21(29-14-18)27(37)33-8-4-9-33/h5-6,11-15,19,22H,3-4,7-10H2,1-2H3,(H,30,31,35)/t19-,22?/m0/s1. The minimum absolute atomic E-state index is 0.0530. The number of nitrogens with zero attached hydrogens (tertiary/aromatic N) is 5. The zero-order valence-electron chi connectivity index (χ0n) is 21.2. The molecule has 0 aromatic carbocycles. The average molecular weight is 517 g/mol. The lowest BCUT2D eigenvalue weighted by atomic mass is 9.87. The molecule has 0 spiro atoms. The molecule has 0 bridgehead atoms. The normalized spacial score (nSPS) is 21.0. The van der Waals surface area contributed by atoms with E-state index in [0.29, 0.717) is 49.6 Å². The Balaban J connectivity index is 1.39. The van der Waals surface area contributed by atoms with Crippen molar-refractivity contribution in [3.8, 4) is 5.75 Å². The summed E-state index contributed by atoms with van der Waals surface area (Å²) in [6.07, 6.45) is 7.74. The van der Waals surface area contributed by atoms with Crippen molar-refractivity contribution in [2.24, 2.45) is 5.92 Å². The molecule has 3 amide bonds. The van der Waals surface area contributed by atoms with E-state index >= 15 is 0 Å². The summed E-state index contributed by atoms with van der Waals surface area (Å²) in [5.41, 5.74) is 1.38. The van der Waals surface area contributed by atoms with Crippen LogP contribution in [-0.2, 0) is 14.4 Å². The number of aryl methyl sites for hydroxylation is 1. The molecule has 1 aliphatic carbocycles. The van der Waals surface area contributed by atoms with Gasteiger partial charge in [-0.25, -0.2) is 9.97 Å². The van der Waals surface area contributed by atoms with Crippen molar-refractivity contribution in [3.05, 3.63) is 65.4 Å². The molecule has 2 aromatic heterocycles. The van der Waals surface area contributed by atoms with Gasteiger partial charge in [0.1, 0.15) is 11.4 Å². The number of rotatable bonds is 7. The van der Waals surface area contributed by atoms with Crippen LogP contribution in [0.4, 0.5) is 5.82 Å². The van der Waals surface area contributed by atoms with Crippen LogP contribution in [0.25, 0.3) is 0 Å². The summed E-state index contributed by atoms with van der Waals surface area (Å²) in [6, 6.07) is 3.12. The van der Waals surface area contributed by atoms with Crippen LogP contribution in [0.2, 0.25) is 0 Å². The van der Waals surface area contributed by atoms with Gasteiger partial charge in [-0.1, -0.05) is 0 Å². The lowest BCUT2D eigenvalue weighted by molar-refractivity contribution is -0.130. The molecule has 38 heavy (non-hydrogen) atoms. The number of nitrogens with one attached hydrogen (secondary N) is 1. The SMILES string of the molecule is CCN1CC[C@@H](C2=CC(Oc3ccc(C(=O)N4CCC4)nc3)C(=O)C(C(=O)Nc3cnc(C)cn3)=C2)C1=O. The number of ether oxygens (including phenoxy) is 1. The number of amides is 3. The molecular weight excluding hydrogens is 488 g/mol. The monoisotopic (exact) mass is 516 g/mol. The fraction of sp³-hybridized carbons (Fsp3) is 0.370. The maximum Gasteiger partial charge on any atom is 0.272 e. The number of carbonyl (C=O) groups excluding carboxylic acids is 4. The fourth-order valence-corrected chi connectivity index (χ4v) is 4.58. The van der Waals surface area contributed by atoms with E-state index in [9.17, 15) is 19.2 Å². The van der Waals surface area contributed by atoms with Crippen molar-refractivity contribution >= 4 is 29.3 Å². The van der Waals surface area contributed by atoms with Gasteiger partial charge in [-0.3, -0.25) is 24.2 Å². The van der Waals surface area contributed by atoms with Crippen molar-refractivity contribution in [1.82, 2.24) is 24.8 Å². The molecule has 1 unspecified atom stereocenters. The largest absolute Gasteiger partial charge is 0.477 e. The summed E-state index contributed by atoms with van der Waals surface area (Å²) in [4.78, 5) is 67.7. The lowest BCUT2D eigenvalue weighted by Crippen LogP contribution is -2.42. The summed E-state index contributed by atoms with van der Waals surface area (Å²) >= 11 is 0. The van der Waals surface area contributed by atoms with Gasteiger partial charge in [0.2, 0.25) is 11.7 Å². The van der Waals surface area contributed by atoms with Crippen molar-refractivity contribution in [2.75, 3.05) is 31.5 Å². The Bertz CT molecular complexity index is 1330. The van der Waals surface area contributed by atoms with E-state index in [1.807, 2.05) is 6.92 Å². The first kappa shape index (κ1) is 25.2. The number of pyridine rings is 1. The highest BCUT2D eigenvalue weighted by Crippen LogP contribution is 2.31. The molecule has 1 N–H and O–H groups in total. The topological polar surface area (TPSA) is 135 Å². The number of Topliss-reactive ketones (excluding diaryl/α,β-unsaturated/α-hetero) is 1. The number of anilines is 1. The fourth-order valence-electron chi connectivity index (χ4n) is 4.58. The number of aromatic nitrogens is 3. The molecule has 2 aromatic rings. The van der Waals surface area contributed by atoms with E-state index in [1.165, 1.54) is 24.7 Å². The molecule has 0 radical (unpaired) electrons. The summed E-state index contributed by atoms with van der Waals surface area (Å²) in [5, 5.41) is 2.60. The van der Waals surface area contributed by atoms with E-state index < -0.39 is 23.7 Å². The summed E-state index contributed by atoms with van der Waals surface area (Å²) < 4.78 is 5.94. The predicted octanol–water partition coefficient (Wildman–Crippen LogP) is 1.72. The van der Waals surface area contributed by atoms with Crippen LogP contribution in [0.3, 0.4) is 0 Å². The summed E-state index contributed by atoms with van der Waals surface area (Å²) in [5.74, 6) is -1.46. The predicted molar refractivity (Wildman–Crippen MR) is 136 cm³/mol. The molecule has 2 aliphatic heterocycles. The number of likely N-dealkylation sites (tertiary alicyclic amines) is 2. The van der Waals surface area contributed by atoms with Crippen LogP contribution in [0, 0.1) is 12.8 Å². The smallest absolute Gasteiger partial charge is 0.272 e. The first-order valence-corrected chi connectivity index (χ1v) is 12.6. The number of ketones is 1. The molecule has 11 heteroatoms. The Kier molecular flexibility index (Phi) is 6.99. The molecule has 2 atom stereocenters. The van der Waals surface area contributed by atoms with Crippen LogP contribution in [0.5, 0.6) is 5.75 Å². The van der Waals surface area contributed by atoms with E-state index in [-0.39, 0.29) is 29.0 Å². The van der Waals surface area contributed by atoms with Crippen LogP contribution >= 0.6 is 0 Å². The van der Waals surface area contributed by atoms with Gasteiger partial charge < -0.3 is 19.9 Å². The van der Waals surface area contributed by atoms with Gasteiger partial charge in [0.05, 0.1) is 35.8 Å². The highest BCUT2D eigenvalue weighted by Gasteiger charge is 2.38. The zero-order chi connectivity index (χ0) is 26.8. The second kappa shape index (κ2) is 10.5. The van der Waals surface area contributed by atoms with Crippen LogP contribution in [-0.4, -0.2) is 80.5 Å². The summed E-state index contributed by atoms with van der Waals surface area (Å²) in [7, 11) is 0. The maximum absolute atomic E-state index is 13.4. The molecule has 2 fully saturated rings. The molecule has 196 valence electrons. The Labute approximate surface area is 219 Å². The van der Waals surface area contributed by atoms with E-state index in [2.05, 4.69) is 20.3 Å². The highest BCUT2D eigenvalue weighted by atomic mass is 16.5. The Hall–Kier alpha value is -4.41. The van der Waals surface area contributed by atoms with Gasteiger partial charge in [-0.05, 0) is 56.5 Å². The second-order valence-corrected chi connectivity index (χ2v) is 9.41. The third-order valence-electron chi connectivity index (χ3n) is 6.89. The van der Waals surface area contributed by atoms with Crippen molar-refractivity contribution in [3.63, 3.8) is 0 Å². The van der Waals surface area contributed by atoms with Gasteiger partial charge >= 0.3 is 0 Å². The summed E-state index contributed by atoms with van der Waals surface area (Å²) in [6.45, 7) is 6.28. The van der Waals surface area contributed by atoms with Gasteiger partial charge in [-0.15, -0.1) is 0 Å². The van der Waals surface area contributed by atoms with Gasteiger partial charge in [0, 0.05) is 26.2 Å². The third-order valence-corrected chi connectivity index (χ3v) is 6.89. The quantitative estimate of drug-likeness (QED) is 0.550. The Morgan fingerprint density at radius 2 is 1.89 bits per heavy atom. The Morgan fingerprint density at radius 3 is 2.50 bits per heavy atom. The van der Waals surface area contributed by atoms with E-state index in [4.69, 9.17) is 4.74 Å². The Morgan fingerprint density at radius 1 is 1.08 bits per heavy atom. The highest BCUT2D eigenvalue weighted by molar-refractivity contribution is 6.26. The molecule has 0 saturated carbocycles. The molecule has 5 rings (SSSR count). The van der Waals surface area contributed by atoms with E-state index in [1.54, 1.807) is 34.9 Å². The first-order valence-electron chi connectivity index (χ1n) is 12.6. The van der Waals surface area contributed by atoms with Crippen molar-refractivity contribution in [1.29, 1.82) is 0 Å². The second-order valence-electron chi connectivity index (χ2n) is 9.41. The molecule has 3 aliphatic rings. The maximum atomic E-state index is 13.4. The number of hydrogen-bond donors (Lipinski definition) is 1. The van der Waals surface area contributed by atoms with Gasteiger partial charge in [0.25, 0.3) is 11.8 Å². The first-order chi connectivity index (χ1) is 18.3. The molecule has 11 nitrogen and oxygen atoms in total. The van der Waals surface area contributed by atoms with Crippen molar-refractivity contribution < 1.29 is 23.9 Å². The van der Waals surface area contributed by atoms with E-state index in [0.717, 1.165) is 6.42 Å². The number of carbonyl (C=O) groups is 4. The van der Waals surface area contributed by atoms with Gasteiger partial charge in [-0.2, -0.15) is 0 Å². The van der Waals surface area contributed by atoms with Crippen molar-refractivity contribution in [2.45, 2.75) is 32.8 Å². The molecular formula is C27H28N6O5. The molecule has 4 heterocycles. The third kappa shape index (κ3) is 5.04. The minimum Gasteiger partial charge on any atom is -0.477 e. The lowest BCUT2D eigenvalue weighted by Gasteiger charge is -2.30. The minimum atomic E-state index is -1.15. The van der Waals surface area contributed by atoms with Crippen LogP contribution in [0.1, 0.15) is 35.9 Å².